The molecule has 1 aromatic carbocycles. The van der Waals surface area contributed by atoms with E-state index in [1.165, 1.54) is 44.1 Å². The highest BCUT2D eigenvalue weighted by Crippen LogP contribution is 2.39. The molecule has 1 aromatic rings. The minimum atomic E-state index is 0.101. The second-order valence-electron chi connectivity index (χ2n) is 7.24. The van der Waals surface area contributed by atoms with Gasteiger partial charge in [-0.15, -0.1) is 8.58 Å². The molecule has 1 aliphatic rings. The monoisotopic (exact) mass is 320 g/mol. The molecule has 0 heterocycles. The van der Waals surface area contributed by atoms with E-state index in [0.717, 1.165) is 26.7 Å². The molecule has 2 unspecified atom stereocenters. The lowest BCUT2D eigenvalue weighted by Gasteiger charge is -2.37. The van der Waals surface area contributed by atoms with E-state index >= 15 is 0 Å². The van der Waals surface area contributed by atoms with Crippen molar-refractivity contribution in [2.45, 2.75) is 77.0 Å². The van der Waals surface area contributed by atoms with Crippen LogP contribution >= 0.6 is 8.58 Å². The van der Waals surface area contributed by atoms with Crippen LogP contribution in [0.5, 0.6) is 5.75 Å². The Morgan fingerprint density at radius 2 is 1.73 bits per heavy atom. The first kappa shape index (κ1) is 17.8. The Hall–Kier alpha value is -0.550. The lowest BCUT2D eigenvalue weighted by atomic mass is 9.82. The number of rotatable bonds is 7. The Bertz CT molecular complexity index is 432. The van der Waals surface area contributed by atoms with Crippen LogP contribution in [0.25, 0.3) is 0 Å². The van der Waals surface area contributed by atoms with Crippen LogP contribution in [0.2, 0.25) is 0 Å². The smallest absolute Gasteiger partial charge is 0.120 e. The predicted octanol–water partition coefficient (Wildman–Crippen LogP) is 6.57. The van der Waals surface area contributed by atoms with Crippen molar-refractivity contribution in [3.63, 3.8) is 0 Å². The summed E-state index contributed by atoms with van der Waals surface area (Å²) in [5.41, 5.74) is 2.30. The van der Waals surface area contributed by atoms with Crippen molar-refractivity contribution < 1.29 is 4.74 Å². The Morgan fingerprint density at radius 3 is 2.23 bits per heavy atom. The first-order chi connectivity index (χ1) is 10.6. The van der Waals surface area contributed by atoms with Crippen molar-refractivity contribution in [1.29, 1.82) is 0 Å². The largest absolute Gasteiger partial charge is 0.487 e. The Kier molecular flexibility index (Phi) is 6.75. The predicted molar refractivity (Wildman–Crippen MR) is 99.6 cm³/mol. The first-order valence-corrected chi connectivity index (χ1v) is 10.6. The van der Waals surface area contributed by atoms with E-state index < -0.39 is 0 Å². The Morgan fingerprint density at radius 1 is 1.09 bits per heavy atom. The molecule has 124 valence electrons. The molecule has 2 atom stereocenters. The summed E-state index contributed by atoms with van der Waals surface area (Å²) in [6.07, 6.45) is 8.86. The van der Waals surface area contributed by atoms with E-state index in [0.29, 0.717) is 5.66 Å². The summed E-state index contributed by atoms with van der Waals surface area (Å²) in [5.74, 6) is 1.83. The molecule has 1 aliphatic carbocycles. The maximum Gasteiger partial charge on any atom is 0.120 e. The van der Waals surface area contributed by atoms with Crippen LogP contribution in [0.15, 0.2) is 24.3 Å². The highest BCUT2D eigenvalue weighted by Gasteiger charge is 2.32. The molecule has 2 rings (SSSR count). The topological polar surface area (TPSA) is 9.23 Å². The molecule has 0 radical (unpaired) electrons. The van der Waals surface area contributed by atoms with Crippen LogP contribution in [-0.2, 0) is 0 Å². The number of hydrogen-bond donors (Lipinski definition) is 0. The van der Waals surface area contributed by atoms with Crippen LogP contribution in [0.1, 0.15) is 76.9 Å². The molecule has 1 fully saturated rings. The average molecular weight is 320 g/mol. The van der Waals surface area contributed by atoms with Crippen molar-refractivity contribution >= 4 is 8.58 Å². The molecule has 22 heavy (non-hydrogen) atoms. The molecule has 0 aromatic heterocycles. The average Bonchev–Trinajstić information content (AvgIpc) is 2.54. The fourth-order valence-electron chi connectivity index (χ4n) is 3.63. The van der Waals surface area contributed by atoms with Gasteiger partial charge in [-0.1, -0.05) is 39.3 Å². The first-order valence-electron chi connectivity index (χ1n) is 9.05. The maximum atomic E-state index is 6.44. The third kappa shape index (κ3) is 4.72. The summed E-state index contributed by atoms with van der Waals surface area (Å²) >= 11 is 0. The normalized spacial score (nSPS) is 19.7. The van der Waals surface area contributed by atoms with E-state index in [1.54, 1.807) is 0 Å². The highest BCUT2D eigenvalue weighted by molar-refractivity contribution is 7.37. The fraction of sp³-hybridized carbons (Fsp3) is 0.700. The van der Waals surface area contributed by atoms with Gasteiger partial charge in [0.15, 0.2) is 0 Å². The van der Waals surface area contributed by atoms with Gasteiger partial charge in [0.05, 0.1) is 0 Å². The van der Waals surface area contributed by atoms with Crippen molar-refractivity contribution in [2.24, 2.45) is 5.92 Å². The third-order valence-electron chi connectivity index (χ3n) is 5.08. The highest BCUT2D eigenvalue weighted by atomic mass is 31.1. The molecule has 0 saturated heterocycles. The van der Waals surface area contributed by atoms with Gasteiger partial charge in [-0.2, -0.15) is 0 Å². The lowest BCUT2D eigenvalue weighted by molar-refractivity contribution is 0.0265. The fourth-order valence-corrected chi connectivity index (χ4v) is 4.87. The van der Waals surface area contributed by atoms with Crippen LogP contribution in [-0.4, -0.2) is 12.3 Å². The summed E-state index contributed by atoms with van der Waals surface area (Å²) < 4.78 is 6.44. The molecule has 1 nitrogen and oxygen atoms in total. The van der Waals surface area contributed by atoms with Crippen LogP contribution < -0.4 is 4.74 Å². The molecule has 0 amide bonds. The second-order valence-corrected chi connectivity index (χ2v) is 8.51. The maximum absolute atomic E-state index is 6.44. The van der Waals surface area contributed by atoms with Crippen molar-refractivity contribution in [3.05, 3.63) is 29.8 Å². The SMILES string of the molecule is CCC1(Oc2ccc(C(CC(C)C)PC)cc2)CCCCC1. The van der Waals surface area contributed by atoms with E-state index in [9.17, 15) is 0 Å². The molecule has 0 bridgehead atoms. The van der Waals surface area contributed by atoms with Gasteiger partial charge in [-0.3, -0.25) is 0 Å². The van der Waals surface area contributed by atoms with Crippen molar-refractivity contribution in [3.8, 4) is 5.75 Å². The minimum absolute atomic E-state index is 0.101. The zero-order valence-corrected chi connectivity index (χ0v) is 15.8. The Labute approximate surface area is 139 Å². The van der Waals surface area contributed by atoms with Gasteiger partial charge in [-0.25, -0.2) is 0 Å². The lowest BCUT2D eigenvalue weighted by Crippen LogP contribution is -2.37. The molecule has 0 N–H and O–H groups in total. The van der Waals surface area contributed by atoms with Crippen molar-refractivity contribution in [2.75, 3.05) is 6.66 Å². The van der Waals surface area contributed by atoms with Gasteiger partial charge in [0, 0.05) is 5.66 Å². The number of ether oxygens (including phenoxy) is 1. The Balaban J connectivity index is 2.04. The van der Waals surface area contributed by atoms with Gasteiger partial charge < -0.3 is 4.74 Å². The summed E-state index contributed by atoms with van der Waals surface area (Å²) in [7, 11) is 0.974. The third-order valence-corrected chi connectivity index (χ3v) is 6.35. The van der Waals surface area contributed by atoms with Gasteiger partial charge in [0.2, 0.25) is 0 Å². The van der Waals surface area contributed by atoms with Crippen LogP contribution in [0.4, 0.5) is 0 Å². The van der Waals surface area contributed by atoms with E-state index in [4.69, 9.17) is 4.74 Å². The zero-order chi connectivity index (χ0) is 16.0. The molecule has 0 aliphatic heterocycles. The second kappa shape index (κ2) is 8.34. The quantitative estimate of drug-likeness (QED) is 0.516. The summed E-state index contributed by atoms with van der Waals surface area (Å²) in [6.45, 7) is 9.24. The summed E-state index contributed by atoms with van der Waals surface area (Å²) in [5, 5.41) is 0. The van der Waals surface area contributed by atoms with E-state index in [-0.39, 0.29) is 5.60 Å². The zero-order valence-electron chi connectivity index (χ0n) is 14.8. The standard InChI is InChI=1S/C20H33OP/c1-5-20(13-7-6-8-14-20)21-18-11-9-17(10-12-18)19(22-4)15-16(2)3/h9-12,16,19,22H,5-8,13-15H2,1-4H3. The molecule has 2 heteroatoms. The molecular formula is C20H33OP. The van der Waals surface area contributed by atoms with E-state index in [2.05, 4.69) is 51.7 Å². The number of hydrogen-bond acceptors (Lipinski definition) is 1. The minimum Gasteiger partial charge on any atom is -0.487 e. The summed E-state index contributed by atoms with van der Waals surface area (Å²) in [6, 6.07) is 9.00. The molecular weight excluding hydrogens is 287 g/mol. The van der Waals surface area contributed by atoms with Gasteiger partial charge >= 0.3 is 0 Å². The van der Waals surface area contributed by atoms with Crippen LogP contribution in [0, 0.1) is 5.92 Å². The van der Waals surface area contributed by atoms with Gasteiger partial charge in [0.25, 0.3) is 0 Å². The molecule has 1 saturated carbocycles. The molecule has 0 spiro atoms. The van der Waals surface area contributed by atoms with E-state index in [1.807, 2.05) is 0 Å². The van der Waals surface area contributed by atoms with Crippen molar-refractivity contribution in [1.82, 2.24) is 0 Å². The van der Waals surface area contributed by atoms with Crippen LogP contribution in [0.3, 0.4) is 0 Å². The summed E-state index contributed by atoms with van der Waals surface area (Å²) in [4.78, 5) is 0. The number of benzene rings is 1. The van der Waals surface area contributed by atoms with Gasteiger partial charge in [0.1, 0.15) is 11.4 Å². The van der Waals surface area contributed by atoms with Gasteiger partial charge in [-0.05, 0) is 68.8 Å².